The first-order chi connectivity index (χ1) is 14.4. The van der Waals surface area contributed by atoms with Crippen LogP contribution in [0.15, 0.2) is 60.7 Å². The molecule has 0 atom stereocenters. The summed E-state index contributed by atoms with van der Waals surface area (Å²) in [5, 5.41) is 40.1. The molecule has 0 aliphatic heterocycles. The molecule has 0 radical (unpaired) electrons. The Balaban J connectivity index is 1.82. The van der Waals surface area contributed by atoms with Gasteiger partial charge in [-0.1, -0.05) is 0 Å². The number of hydrogen-bond donors (Lipinski definition) is 0. The van der Waals surface area contributed by atoms with E-state index in [-0.39, 0.29) is 45.5 Å². The largest absolute Gasteiger partial charge is 0.450 e. The van der Waals surface area contributed by atoms with Crippen LogP contribution in [-0.4, -0.2) is 9.85 Å². The number of hydrogen-bond acceptors (Lipinski definition) is 8. The number of nitro groups is 2. The van der Waals surface area contributed by atoms with Crippen molar-refractivity contribution in [2.45, 2.75) is 0 Å². The van der Waals surface area contributed by atoms with E-state index in [0.717, 1.165) is 12.1 Å². The van der Waals surface area contributed by atoms with Crippen molar-refractivity contribution >= 4 is 11.4 Å². The van der Waals surface area contributed by atoms with Gasteiger partial charge in [0, 0.05) is 12.1 Å². The zero-order chi connectivity index (χ0) is 21.7. The van der Waals surface area contributed by atoms with Crippen LogP contribution in [-0.2, 0) is 0 Å². The van der Waals surface area contributed by atoms with Crippen molar-refractivity contribution in [3.8, 4) is 35.1 Å². The summed E-state index contributed by atoms with van der Waals surface area (Å²) in [5.74, 6) is 0.416. The molecule has 3 aromatic carbocycles. The van der Waals surface area contributed by atoms with Crippen LogP contribution in [0.2, 0.25) is 0 Å². The van der Waals surface area contributed by atoms with E-state index in [1.807, 2.05) is 12.1 Å². The van der Waals surface area contributed by atoms with Crippen LogP contribution < -0.4 is 9.47 Å². The summed E-state index contributed by atoms with van der Waals surface area (Å²) in [5.41, 5.74) is -0.464. The molecule has 0 aliphatic carbocycles. The Bertz CT molecular complexity index is 1130. The maximum absolute atomic E-state index is 11.2. The lowest BCUT2D eigenvalue weighted by Crippen LogP contribution is -1.95. The molecule has 0 aliphatic rings. The summed E-state index contributed by atoms with van der Waals surface area (Å²) >= 11 is 0. The van der Waals surface area contributed by atoms with Crippen LogP contribution in [0.5, 0.6) is 23.0 Å². The SMILES string of the molecule is N#Cc1ccc(Oc2ccc(Oc3ccc(C#N)cc3[N+](=O)[O-])cc2)c([N+](=O)[O-])c1. The molecule has 0 saturated heterocycles. The molecular formula is C20H10N4O6. The minimum atomic E-state index is -0.655. The van der Waals surface area contributed by atoms with Crippen LogP contribution in [0.25, 0.3) is 0 Å². The summed E-state index contributed by atoms with van der Waals surface area (Å²) in [7, 11) is 0. The summed E-state index contributed by atoms with van der Waals surface area (Å²) in [6.07, 6.45) is 0. The smallest absolute Gasteiger partial charge is 0.312 e. The molecule has 3 aromatic rings. The maximum Gasteiger partial charge on any atom is 0.312 e. The number of nitro benzene ring substituents is 2. The van der Waals surface area contributed by atoms with Gasteiger partial charge >= 0.3 is 11.4 Å². The normalized spacial score (nSPS) is 9.80. The monoisotopic (exact) mass is 402 g/mol. The van der Waals surface area contributed by atoms with Crippen LogP contribution in [0.3, 0.4) is 0 Å². The van der Waals surface area contributed by atoms with E-state index in [9.17, 15) is 20.2 Å². The molecular weight excluding hydrogens is 392 g/mol. The van der Waals surface area contributed by atoms with E-state index in [4.69, 9.17) is 20.0 Å². The predicted octanol–water partition coefficient (Wildman–Crippen LogP) is 4.83. The Hall–Kier alpha value is -4.96. The second kappa shape index (κ2) is 8.37. The molecule has 0 amide bonds. The Kier molecular flexibility index (Phi) is 5.52. The van der Waals surface area contributed by atoms with Crippen molar-refractivity contribution in [1.29, 1.82) is 10.5 Å². The van der Waals surface area contributed by atoms with Crippen molar-refractivity contribution in [1.82, 2.24) is 0 Å². The van der Waals surface area contributed by atoms with Crippen molar-refractivity contribution < 1.29 is 19.3 Å². The Labute approximate surface area is 169 Å². The molecule has 146 valence electrons. The highest BCUT2D eigenvalue weighted by Gasteiger charge is 2.18. The first-order valence-electron chi connectivity index (χ1n) is 8.24. The number of benzene rings is 3. The number of nitrogens with zero attached hydrogens (tertiary/aromatic N) is 4. The fraction of sp³-hybridized carbons (Fsp3) is 0. The molecule has 0 aromatic heterocycles. The van der Waals surface area contributed by atoms with Gasteiger partial charge in [0.15, 0.2) is 0 Å². The molecule has 0 fully saturated rings. The first-order valence-corrected chi connectivity index (χ1v) is 8.24. The number of nitriles is 2. The fourth-order valence-corrected chi connectivity index (χ4v) is 2.46. The Morgan fingerprint density at radius 1 is 0.667 bits per heavy atom. The summed E-state index contributed by atoms with van der Waals surface area (Å²) in [6.45, 7) is 0. The van der Waals surface area contributed by atoms with Crippen molar-refractivity contribution in [3.05, 3.63) is 92.0 Å². The quantitative estimate of drug-likeness (QED) is 0.419. The van der Waals surface area contributed by atoms with Crippen molar-refractivity contribution in [3.63, 3.8) is 0 Å². The third-order valence-electron chi connectivity index (χ3n) is 3.85. The van der Waals surface area contributed by atoms with Gasteiger partial charge in [-0.3, -0.25) is 20.2 Å². The van der Waals surface area contributed by atoms with Gasteiger partial charge in [0.2, 0.25) is 11.5 Å². The molecule has 0 heterocycles. The van der Waals surface area contributed by atoms with Crippen molar-refractivity contribution in [2.24, 2.45) is 0 Å². The topological polar surface area (TPSA) is 152 Å². The second-order valence-electron chi connectivity index (χ2n) is 5.78. The van der Waals surface area contributed by atoms with E-state index in [0.29, 0.717) is 0 Å². The third-order valence-corrected chi connectivity index (χ3v) is 3.85. The van der Waals surface area contributed by atoms with E-state index in [1.54, 1.807) is 0 Å². The molecule has 0 bridgehead atoms. The van der Waals surface area contributed by atoms with E-state index < -0.39 is 9.85 Å². The Morgan fingerprint density at radius 2 is 1.03 bits per heavy atom. The molecule has 0 spiro atoms. The molecule has 10 heteroatoms. The molecule has 0 N–H and O–H groups in total. The van der Waals surface area contributed by atoms with Gasteiger partial charge in [-0.2, -0.15) is 10.5 Å². The van der Waals surface area contributed by atoms with Gasteiger partial charge in [-0.25, -0.2) is 0 Å². The molecule has 10 nitrogen and oxygen atoms in total. The van der Waals surface area contributed by atoms with Crippen LogP contribution in [0, 0.1) is 42.9 Å². The summed E-state index contributed by atoms with van der Waals surface area (Å²) in [4.78, 5) is 21.1. The summed E-state index contributed by atoms with van der Waals surface area (Å²) in [6, 6.07) is 17.1. The van der Waals surface area contributed by atoms with E-state index in [1.165, 1.54) is 48.5 Å². The van der Waals surface area contributed by atoms with Crippen molar-refractivity contribution in [2.75, 3.05) is 0 Å². The minimum absolute atomic E-state index is 0.0459. The third kappa shape index (κ3) is 4.30. The number of ether oxygens (including phenoxy) is 2. The van der Waals surface area contributed by atoms with Crippen LogP contribution in [0.4, 0.5) is 11.4 Å². The zero-order valence-electron chi connectivity index (χ0n) is 15.0. The number of rotatable bonds is 6. The molecule has 0 saturated carbocycles. The lowest BCUT2D eigenvalue weighted by molar-refractivity contribution is -0.385. The first kappa shape index (κ1) is 19.8. The van der Waals surface area contributed by atoms with Crippen LogP contribution in [0.1, 0.15) is 11.1 Å². The molecule has 30 heavy (non-hydrogen) atoms. The van der Waals surface area contributed by atoms with Gasteiger partial charge in [-0.05, 0) is 48.5 Å². The predicted molar refractivity (Wildman–Crippen MR) is 102 cm³/mol. The van der Waals surface area contributed by atoms with Gasteiger partial charge in [0.1, 0.15) is 11.5 Å². The standard InChI is InChI=1S/C20H10N4O6/c21-11-13-1-7-19(17(9-13)23(25)26)29-15-3-5-16(6-4-15)30-20-8-2-14(12-22)10-18(20)24(27)28/h1-10H. The fourth-order valence-electron chi connectivity index (χ4n) is 2.46. The average molecular weight is 402 g/mol. The molecule has 3 rings (SSSR count). The van der Waals surface area contributed by atoms with E-state index in [2.05, 4.69) is 0 Å². The highest BCUT2D eigenvalue weighted by Crippen LogP contribution is 2.35. The van der Waals surface area contributed by atoms with Gasteiger partial charge in [0.05, 0.1) is 33.1 Å². The Morgan fingerprint density at radius 3 is 1.33 bits per heavy atom. The average Bonchev–Trinajstić information content (AvgIpc) is 2.75. The highest BCUT2D eigenvalue weighted by molar-refractivity contribution is 5.55. The molecule has 0 unspecified atom stereocenters. The zero-order valence-corrected chi connectivity index (χ0v) is 15.0. The lowest BCUT2D eigenvalue weighted by atomic mass is 10.2. The van der Waals surface area contributed by atoms with Gasteiger partial charge < -0.3 is 9.47 Å². The van der Waals surface area contributed by atoms with Gasteiger partial charge in [0.25, 0.3) is 0 Å². The minimum Gasteiger partial charge on any atom is -0.450 e. The lowest BCUT2D eigenvalue weighted by Gasteiger charge is -2.09. The summed E-state index contributed by atoms with van der Waals surface area (Å²) < 4.78 is 11.0. The maximum atomic E-state index is 11.2. The van der Waals surface area contributed by atoms with Gasteiger partial charge in [-0.15, -0.1) is 0 Å². The second-order valence-corrected chi connectivity index (χ2v) is 5.78. The van der Waals surface area contributed by atoms with Crippen LogP contribution >= 0.6 is 0 Å². The highest BCUT2D eigenvalue weighted by atomic mass is 16.6. The van der Waals surface area contributed by atoms with E-state index >= 15 is 0 Å².